The maximum absolute atomic E-state index is 11.7. The normalized spacial score (nSPS) is 8.89. The van der Waals surface area contributed by atoms with Crippen LogP contribution in [0.15, 0.2) is 21.1 Å². The minimum absolute atomic E-state index is 0.225. The van der Waals surface area contributed by atoms with Gasteiger partial charge in [-0.15, -0.1) is 0 Å². The summed E-state index contributed by atoms with van der Waals surface area (Å²) < 4.78 is 5.56. The van der Waals surface area contributed by atoms with Crippen molar-refractivity contribution in [2.45, 2.75) is 13.8 Å². The van der Waals surface area contributed by atoms with E-state index in [0.717, 1.165) is 0 Å². The Morgan fingerprint density at radius 1 is 1.21 bits per heavy atom. The smallest absolute Gasteiger partial charge is 0.425 e. The standard InChI is InChI=1S/C9H9Br2N3O3.C2H6/c1-17-9(16)14-13-8(15)5-2-4(10)3-6(11)7(5)12;1-2/h2-3H,12H2,1H3,(H,13,15)(H,14,16);1-2H3. The molecule has 0 heterocycles. The molecule has 0 spiro atoms. The minimum Gasteiger partial charge on any atom is -0.452 e. The van der Waals surface area contributed by atoms with Crippen molar-refractivity contribution >= 4 is 49.5 Å². The molecule has 1 aromatic rings. The van der Waals surface area contributed by atoms with Gasteiger partial charge < -0.3 is 10.5 Å². The number of rotatable bonds is 1. The average molecular weight is 397 g/mol. The Bertz CT molecular complexity index is 467. The zero-order valence-electron chi connectivity index (χ0n) is 10.7. The average Bonchev–Trinajstić information content (AvgIpc) is 2.41. The van der Waals surface area contributed by atoms with E-state index in [0.29, 0.717) is 8.95 Å². The number of nitrogen functional groups attached to an aromatic ring is 1. The summed E-state index contributed by atoms with van der Waals surface area (Å²) in [6.07, 6.45) is -0.772. The Balaban J connectivity index is 0.00000154. The molecule has 0 atom stereocenters. The number of carbonyl (C=O) groups is 2. The summed E-state index contributed by atoms with van der Waals surface area (Å²) in [6.45, 7) is 4.00. The van der Waals surface area contributed by atoms with Crippen molar-refractivity contribution in [2.75, 3.05) is 12.8 Å². The van der Waals surface area contributed by atoms with Crippen LogP contribution in [0.1, 0.15) is 24.2 Å². The molecule has 2 amide bonds. The van der Waals surface area contributed by atoms with Crippen LogP contribution < -0.4 is 16.6 Å². The number of hydrazine groups is 1. The second-order valence-electron chi connectivity index (χ2n) is 2.92. The number of benzene rings is 1. The van der Waals surface area contributed by atoms with E-state index >= 15 is 0 Å². The van der Waals surface area contributed by atoms with Crippen molar-refractivity contribution in [1.29, 1.82) is 0 Å². The maximum Gasteiger partial charge on any atom is 0.425 e. The number of hydrogen-bond donors (Lipinski definition) is 3. The van der Waals surface area contributed by atoms with Crippen LogP contribution in [0.4, 0.5) is 10.5 Å². The van der Waals surface area contributed by atoms with Crippen molar-refractivity contribution < 1.29 is 14.3 Å². The molecule has 1 aromatic carbocycles. The molecule has 0 radical (unpaired) electrons. The number of anilines is 1. The molecule has 0 aliphatic rings. The molecule has 0 aliphatic carbocycles. The van der Waals surface area contributed by atoms with E-state index in [1.807, 2.05) is 19.3 Å². The lowest BCUT2D eigenvalue weighted by Crippen LogP contribution is -2.41. The number of carbonyl (C=O) groups excluding carboxylic acids is 2. The summed E-state index contributed by atoms with van der Waals surface area (Å²) in [5.74, 6) is -0.546. The molecule has 0 aromatic heterocycles. The summed E-state index contributed by atoms with van der Waals surface area (Å²) in [5, 5.41) is 0. The fourth-order valence-electron chi connectivity index (χ4n) is 0.999. The van der Waals surface area contributed by atoms with Crippen molar-refractivity contribution in [1.82, 2.24) is 10.9 Å². The maximum atomic E-state index is 11.7. The van der Waals surface area contributed by atoms with Gasteiger partial charge >= 0.3 is 6.09 Å². The van der Waals surface area contributed by atoms with Crippen LogP contribution in [0.5, 0.6) is 0 Å². The topological polar surface area (TPSA) is 93.5 Å². The molecular weight excluding hydrogens is 382 g/mol. The van der Waals surface area contributed by atoms with E-state index in [2.05, 4.69) is 42.0 Å². The quantitative estimate of drug-likeness (QED) is 0.502. The number of amides is 2. The summed E-state index contributed by atoms with van der Waals surface area (Å²) in [5.41, 5.74) is 10.4. The first-order chi connectivity index (χ1) is 8.95. The number of halogens is 2. The molecule has 4 N–H and O–H groups in total. The molecule has 1 rings (SSSR count). The number of ether oxygens (including phenoxy) is 1. The second kappa shape index (κ2) is 8.76. The lowest BCUT2D eigenvalue weighted by Gasteiger charge is -2.09. The third-order valence-corrected chi connectivity index (χ3v) is 2.92. The zero-order chi connectivity index (χ0) is 15.0. The predicted molar refractivity (Wildman–Crippen MR) is 80.6 cm³/mol. The monoisotopic (exact) mass is 395 g/mol. The molecule has 0 bridgehead atoms. The SMILES string of the molecule is CC.COC(=O)NNC(=O)c1cc(Br)cc(Br)c1N. The third kappa shape index (κ3) is 5.48. The Morgan fingerprint density at radius 3 is 2.32 bits per heavy atom. The summed E-state index contributed by atoms with van der Waals surface area (Å²) in [6, 6.07) is 3.24. The predicted octanol–water partition coefficient (Wildman–Crippen LogP) is 2.82. The van der Waals surface area contributed by atoms with Crippen molar-refractivity contribution in [3.63, 3.8) is 0 Å². The molecule has 0 fully saturated rings. The second-order valence-corrected chi connectivity index (χ2v) is 4.69. The van der Waals surface area contributed by atoms with Crippen LogP contribution >= 0.6 is 31.9 Å². The largest absolute Gasteiger partial charge is 0.452 e. The Kier molecular flexibility index (Phi) is 8.17. The lowest BCUT2D eigenvalue weighted by atomic mass is 10.2. The van der Waals surface area contributed by atoms with Gasteiger partial charge in [0.25, 0.3) is 5.91 Å². The van der Waals surface area contributed by atoms with Gasteiger partial charge in [0.15, 0.2) is 0 Å². The van der Waals surface area contributed by atoms with E-state index < -0.39 is 12.0 Å². The van der Waals surface area contributed by atoms with Crippen LogP contribution in [-0.4, -0.2) is 19.1 Å². The summed E-state index contributed by atoms with van der Waals surface area (Å²) >= 11 is 6.44. The van der Waals surface area contributed by atoms with E-state index in [-0.39, 0.29) is 11.3 Å². The van der Waals surface area contributed by atoms with Gasteiger partial charge in [0, 0.05) is 8.95 Å². The Labute approximate surface area is 128 Å². The Morgan fingerprint density at radius 2 is 1.79 bits per heavy atom. The molecule has 19 heavy (non-hydrogen) atoms. The van der Waals surface area contributed by atoms with Crippen molar-refractivity contribution in [3.8, 4) is 0 Å². The number of nitrogens with two attached hydrogens (primary N) is 1. The molecule has 6 nitrogen and oxygen atoms in total. The van der Waals surface area contributed by atoms with Gasteiger partial charge in [0.1, 0.15) is 0 Å². The van der Waals surface area contributed by atoms with Crippen LogP contribution in [0.2, 0.25) is 0 Å². The summed E-state index contributed by atoms with van der Waals surface area (Å²) in [4.78, 5) is 22.5. The highest BCUT2D eigenvalue weighted by molar-refractivity contribution is 9.11. The van der Waals surface area contributed by atoms with Gasteiger partial charge in [-0.25, -0.2) is 10.2 Å². The van der Waals surface area contributed by atoms with E-state index in [4.69, 9.17) is 5.73 Å². The van der Waals surface area contributed by atoms with Crippen LogP contribution in [0.3, 0.4) is 0 Å². The first-order valence-electron chi connectivity index (χ1n) is 5.34. The molecular formula is C11H15Br2N3O3. The van der Waals surface area contributed by atoms with E-state index in [1.54, 1.807) is 6.07 Å². The number of hydrogen-bond acceptors (Lipinski definition) is 4. The van der Waals surface area contributed by atoms with Crippen LogP contribution in [0, 0.1) is 0 Å². The van der Waals surface area contributed by atoms with Crippen LogP contribution in [-0.2, 0) is 4.74 Å². The van der Waals surface area contributed by atoms with E-state index in [1.165, 1.54) is 13.2 Å². The molecule has 0 aliphatic heterocycles. The van der Waals surface area contributed by atoms with Gasteiger partial charge in [-0.3, -0.25) is 10.2 Å². The molecule has 0 saturated heterocycles. The van der Waals surface area contributed by atoms with Gasteiger partial charge in [-0.1, -0.05) is 29.8 Å². The molecule has 106 valence electrons. The van der Waals surface area contributed by atoms with Gasteiger partial charge in [0.2, 0.25) is 0 Å². The third-order valence-electron chi connectivity index (χ3n) is 1.80. The fraction of sp³-hybridized carbons (Fsp3) is 0.273. The molecule has 8 heteroatoms. The van der Waals surface area contributed by atoms with Gasteiger partial charge in [0.05, 0.1) is 18.4 Å². The van der Waals surface area contributed by atoms with Crippen LogP contribution in [0.25, 0.3) is 0 Å². The van der Waals surface area contributed by atoms with Crippen molar-refractivity contribution in [2.24, 2.45) is 0 Å². The minimum atomic E-state index is -0.772. The number of methoxy groups -OCH3 is 1. The highest BCUT2D eigenvalue weighted by Gasteiger charge is 2.13. The Hall–Kier alpha value is -1.28. The van der Waals surface area contributed by atoms with Crippen molar-refractivity contribution in [3.05, 3.63) is 26.6 Å². The lowest BCUT2D eigenvalue weighted by molar-refractivity contribution is 0.0921. The first kappa shape index (κ1) is 17.7. The fourth-order valence-corrected chi connectivity index (χ4v) is 2.22. The number of nitrogens with one attached hydrogen (secondary N) is 2. The first-order valence-corrected chi connectivity index (χ1v) is 6.93. The van der Waals surface area contributed by atoms with Gasteiger partial charge in [-0.05, 0) is 28.1 Å². The van der Waals surface area contributed by atoms with Gasteiger partial charge in [-0.2, -0.15) is 0 Å². The zero-order valence-corrected chi connectivity index (χ0v) is 13.9. The molecule has 0 unspecified atom stereocenters. The highest BCUT2D eigenvalue weighted by atomic mass is 79.9. The van der Waals surface area contributed by atoms with E-state index in [9.17, 15) is 9.59 Å². The molecule has 0 saturated carbocycles. The highest BCUT2D eigenvalue weighted by Crippen LogP contribution is 2.27. The summed E-state index contributed by atoms with van der Waals surface area (Å²) in [7, 11) is 1.19.